The van der Waals surface area contributed by atoms with E-state index in [-0.39, 0.29) is 18.0 Å². The van der Waals surface area contributed by atoms with E-state index in [0.29, 0.717) is 12.5 Å². The summed E-state index contributed by atoms with van der Waals surface area (Å²) in [5.41, 5.74) is 2.37. The normalized spacial score (nSPS) is 13.3. The van der Waals surface area contributed by atoms with Crippen molar-refractivity contribution in [2.75, 3.05) is 6.54 Å². The lowest BCUT2D eigenvalue weighted by molar-refractivity contribution is -0.692. The summed E-state index contributed by atoms with van der Waals surface area (Å²) in [5.74, 6) is 0.501. The van der Waals surface area contributed by atoms with Crippen LogP contribution in [0.3, 0.4) is 0 Å². The zero-order valence-corrected chi connectivity index (χ0v) is 16.7. The van der Waals surface area contributed by atoms with Crippen molar-refractivity contribution in [3.05, 3.63) is 94.2 Å². The number of hydrogen-bond donors (Lipinski definition) is 2. The SMILES string of the molecule is CC(C)[C@H]([NH2+]CC(=O)N[C@H](c1ccccc1)c1cccs1)c1ccccc1. The zero-order chi connectivity index (χ0) is 19.1. The highest BCUT2D eigenvalue weighted by atomic mass is 32.1. The summed E-state index contributed by atoms with van der Waals surface area (Å²) < 4.78 is 0. The molecule has 3 N–H and O–H groups in total. The van der Waals surface area contributed by atoms with Gasteiger partial charge in [0, 0.05) is 16.4 Å². The number of rotatable bonds is 8. The molecule has 0 saturated heterocycles. The number of amides is 1. The first-order valence-corrected chi connectivity index (χ1v) is 10.3. The predicted octanol–water partition coefficient (Wildman–Crippen LogP) is 3.91. The van der Waals surface area contributed by atoms with Crippen LogP contribution in [-0.4, -0.2) is 12.5 Å². The minimum atomic E-state index is -0.0960. The first-order chi connectivity index (χ1) is 13.1. The second-order valence-corrected chi connectivity index (χ2v) is 8.03. The van der Waals surface area contributed by atoms with E-state index in [2.05, 4.69) is 66.9 Å². The molecule has 3 nitrogen and oxygen atoms in total. The van der Waals surface area contributed by atoms with Gasteiger partial charge in [-0.25, -0.2) is 0 Å². The highest BCUT2D eigenvalue weighted by Gasteiger charge is 2.22. The highest BCUT2D eigenvalue weighted by Crippen LogP contribution is 2.25. The van der Waals surface area contributed by atoms with E-state index >= 15 is 0 Å². The number of carbonyl (C=O) groups excluding carboxylic acids is 1. The standard InChI is InChI=1S/C23H26N2OS/c1-17(2)22(18-10-5-3-6-11-18)24-16-21(26)25-23(20-14-9-15-27-20)19-12-7-4-8-13-19/h3-15,17,22-24H,16H2,1-2H3,(H,25,26)/p+1/t22-,23+/m0/s1. The molecule has 0 radical (unpaired) electrons. The zero-order valence-electron chi connectivity index (χ0n) is 15.8. The van der Waals surface area contributed by atoms with Gasteiger partial charge in [0.1, 0.15) is 6.04 Å². The average Bonchev–Trinajstić information content (AvgIpc) is 3.22. The third kappa shape index (κ3) is 5.28. The van der Waals surface area contributed by atoms with Gasteiger partial charge in [-0.2, -0.15) is 0 Å². The first-order valence-electron chi connectivity index (χ1n) is 9.41. The Bertz CT molecular complexity index is 816. The molecule has 3 aromatic rings. The fraction of sp³-hybridized carbons (Fsp3) is 0.261. The summed E-state index contributed by atoms with van der Waals surface area (Å²) in [5, 5.41) is 7.42. The van der Waals surface area contributed by atoms with Gasteiger partial charge in [-0.15, -0.1) is 11.3 Å². The number of hydrogen-bond acceptors (Lipinski definition) is 2. The van der Waals surface area contributed by atoms with Gasteiger partial charge in [-0.05, 0) is 17.0 Å². The molecule has 0 unspecified atom stereocenters. The molecule has 2 aromatic carbocycles. The fourth-order valence-corrected chi connectivity index (χ4v) is 4.14. The smallest absolute Gasteiger partial charge is 0.275 e. The van der Waals surface area contributed by atoms with Crippen LogP contribution in [0, 0.1) is 5.92 Å². The van der Waals surface area contributed by atoms with Gasteiger partial charge in [-0.1, -0.05) is 80.6 Å². The topological polar surface area (TPSA) is 45.7 Å². The predicted molar refractivity (Wildman–Crippen MR) is 112 cm³/mol. The second kappa shape index (κ2) is 9.49. The average molecular weight is 380 g/mol. The maximum absolute atomic E-state index is 12.7. The molecular formula is C23H27N2OS+. The fourth-order valence-electron chi connectivity index (χ4n) is 3.34. The van der Waals surface area contributed by atoms with Crippen LogP contribution in [0.4, 0.5) is 0 Å². The van der Waals surface area contributed by atoms with Gasteiger partial charge in [0.05, 0.1) is 6.04 Å². The molecule has 2 atom stereocenters. The third-order valence-electron chi connectivity index (χ3n) is 4.73. The molecule has 27 heavy (non-hydrogen) atoms. The number of nitrogens with two attached hydrogens (primary N) is 1. The van der Waals surface area contributed by atoms with Crippen LogP contribution >= 0.6 is 11.3 Å². The Balaban J connectivity index is 1.67. The van der Waals surface area contributed by atoms with E-state index in [9.17, 15) is 4.79 Å². The van der Waals surface area contributed by atoms with E-state index in [1.54, 1.807) is 11.3 Å². The van der Waals surface area contributed by atoms with Crippen LogP contribution in [0.25, 0.3) is 0 Å². The largest absolute Gasteiger partial charge is 0.339 e. The van der Waals surface area contributed by atoms with Crippen molar-refractivity contribution >= 4 is 17.2 Å². The van der Waals surface area contributed by atoms with E-state index in [4.69, 9.17) is 0 Å². The van der Waals surface area contributed by atoms with Gasteiger partial charge in [-0.3, -0.25) is 4.79 Å². The molecule has 0 bridgehead atoms. The van der Waals surface area contributed by atoms with Crippen molar-refractivity contribution in [3.63, 3.8) is 0 Å². The van der Waals surface area contributed by atoms with Crippen LogP contribution in [0.5, 0.6) is 0 Å². The van der Waals surface area contributed by atoms with Gasteiger partial charge in [0.25, 0.3) is 5.91 Å². The molecule has 0 fully saturated rings. The molecule has 0 aliphatic rings. The van der Waals surface area contributed by atoms with Crippen LogP contribution < -0.4 is 10.6 Å². The lowest BCUT2D eigenvalue weighted by atomic mass is 9.96. The van der Waals surface area contributed by atoms with Gasteiger partial charge in [0.15, 0.2) is 6.54 Å². The second-order valence-electron chi connectivity index (χ2n) is 7.05. The summed E-state index contributed by atoms with van der Waals surface area (Å²) >= 11 is 1.67. The van der Waals surface area contributed by atoms with Crippen molar-refractivity contribution in [1.29, 1.82) is 0 Å². The summed E-state index contributed by atoms with van der Waals surface area (Å²) in [4.78, 5) is 13.9. The highest BCUT2D eigenvalue weighted by molar-refractivity contribution is 7.10. The van der Waals surface area contributed by atoms with Gasteiger partial charge in [0.2, 0.25) is 0 Å². The Kier molecular flexibility index (Phi) is 6.80. The first kappa shape index (κ1) is 19.3. The van der Waals surface area contributed by atoms with E-state index in [1.165, 1.54) is 5.56 Å². The van der Waals surface area contributed by atoms with Crippen LogP contribution in [0.15, 0.2) is 78.2 Å². The third-order valence-corrected chi connectivity index (χ3v) is 5.66. The van der Waals surface area contributed by atoms with Crippen LogP contribution in [0.2, 0.25) is 0 Å². The molecule has 0 aliphatic carbocycles. The monoisotopic (exact) mass is 379 g/mol. The Hall–Kier alpha value is -2.43. The summed E-state index contributed by atoms with van der Waals surface area (Å²) in [6.07, 6.45) is 0. The molecule has 0 spiro atoms. The minimum Gasteiger partial charge on any atom is -0.339 e. The lowest BCUT2D eigenvalue weighted by Gasteiger charge is -2.21. The molecule has 1 amide bonds. The van der Waals surface area contributed by atoms with Crippen LogP contribution in [0.1, 0.15) is 41.9 Å². The lowest BCUT2D eigenvalue weighted by Crippen LogP contribution is -2.88. The Morgan fingerprint density at radius 2 is 1.56 bits per heavy atom. The summed E-state index contributed by atoms with van der Waals surface area (Å²) in [6.45, 7) is 4.81. The number of quaternary nitrogens is 1. The molecule has 4 heteroatoms. The number of carbonyl (C=O) groups is 1. The Morgan fingerprint density at radius 3 is 2.11 bits per heavy atom. The maximum Gasteiger partial charge on any atom is 0.275 e. The molecule has 0 aliphatic heterocycles. The quantitative estimate of drug-likeness (QED) is 0.612. The maximum atomic E-state index is 12.7. The molecule has 0 saturated carbocycles. The number of benzene rings is 2. The number of thiophene rings is 1. The Morgan fingerprint density at radius 1 is 0.926 bits per heavy atom. The van der Waals surface area contributed by atoms with E-state index < -0.39 is 0 Å². The molecule has 3 rings (SSSR count). The minimum absolute atomic E-state index is 0.0545. The van der Waals surface area contributed by atoms with E-state index in [1.807, 2.05) is 35.7 Å². The summed E-state index contributed by atoms with van der Waals surface area (Å²) in [6, 6.07) is 24.8. The van der Waals surface area contributed by atoms with Crippen molar-refractivity contribution in [2.45, 2.75) is 25.9 Å². The Labute approximate surface area is 165 Å². The number of nitrogens with one attached hydrogen (secondary N) is 1. The van der Waals surface area contributed by atoms with Crippen molar-refractivity contribution in [2.24, 2.45) is 5.92 Å². The summed E-state index contributed by atoms with van der Waals surface area (Å²) in [7, 11) is 0. The van der Waals surface area contributed by atoms with Gasteiger partial charge >= 0.3 is 0 Å². The molecular weight excluding hydrogens is 352 g/mol. The van der Waals surface area contributed by atoms with Crippen molar-refractivity contribution < 1.29 is 10.1 Å². The molecule has 1 aromatic heterocycles. The van der Waals surface area contributed by atoms with Crippen LogP contribution in [-0.2, 0) is 4.79 Å². The molecule has 1 heterocycles. The van der Waals surface area contributed by atoms with E-state index in [0.717, 1.165) is 10.4 Å². The van der Waals surface area contributed by atoms with Crippen molar-refractivity contribution in [1.82, 2.24) is 5.32 Å². The van der Waals surface area contributed by atoms with Gasteiger partial charge < -0.3 is 10.6 Å². The van der Waals surface area contributed by atoms with Crippen molar-refractivity contribution in [3.8, 4) is 0 Å². The molecule has 140 valence electrons.